The molecule has 0 unspecified atom stereocenters. The molecule has 0 N–H and O–H groups in total. The Morgan fingerprint density at radius 3 is 2.38 bits per heavy atom. The maximum absolute atomic E-state index is 13.6. The fraction of sp³-hybridized carbons (Fsp3) is 0.321. The molecule has 0 atom stereocenters. The summed E-state index contributed by atoms with van der Waals surface area (Å²) in [5.41, 5.74) is 3.38. The number of rotatable bonds is 9. The third kappa shape index (κ3) is 6.01. The summed E-state index contributed by atoms with van der Waals surface area (Å²) < 4.78 is 5.79. The van der Waals surface area contributed by atoms with Crippen molar-refractivity contribution in [3.63, 3.8) is 0 Å². The second-order valence-electron chi connectivity index (χ2n) is 9.06. The Labute approximate surface area is 201 Å². The number of benzene rings is 2. The van der Waals surface area contributed by atoms with Crippen LogP contribution in [-0.4, -0.2) is 34.8 Å². The van der Waals surface area contributed by atoms with Crippen LogP contribution in [0.4, 0.5) is 5.69 Å². The number of hydrogen-bond donors (Lipinski definition) is 0. The Bertz CT molecular complexity index is 1110. The molecule has 2 amide bonds. The molecule has 2 aromatic carbocycles. The molecule has 1 saturated heterocycles. The van der Waals surface area contributed by atoms with Crippen LogP contribution in [0, 0.1) is 5.92 Å². The van der Waals surface area contributed by atoms with Gasteiger partial charge in [-0.05, 0) is 65.9 Å². The number of pyridine rings is 1. The maximum Gasteiger partial charge on any atom is 0.254 e. The highest BCUT2D eigenvalue weighted by molar-refractivity contribution is 5.99. The van der Waals surface area contributed by atoms with Crippen molar-refractivity contribution < 1.29 is 14.3 Å². The molecule has 0 radical (unpaired) electrons. The maximum atomic E-state index is 13.6. The van der Waals surface area contributed by atoms with Gasteiger partial charge in [-0.25, -0.2) is 0 Å². The molecule has 1 aliphatic rings. The number of carbonyl (C=O) groups is 2. The Morgan fingerprint density at radius 1 is 1.03 bits per heavy atom. The van der Waals surface area contributed by atoms with Crippen molar-refractivity contribution in [2.75, 3.05) is 18.1 Å². The van der Waals surface area contributed by atoms with Gasteiger partial charge < -0.3 is 14.5 Å². The van der Waals surface area contributed by atoms with Gasteiger partial charge in [-0.1, -0.05) is 32.0 Å². The van der Waals surface area contributed by atoms with Gasteiger partial charge in [0.2, 0.25) is 5.91 Å². The second kappa shape index (κ2) is 11.0. The van der Waals surface area contributed by atoms with E-state index in [9.17, 15) is 9.59 Å². The number of hydrogen-bond acceptors (Lipinski definition) is 4. The van der Waals surface area contributed by atoms with E-state index in [1.165, 1.54) is 0 Å². The summed E-state index contributed by atoms with van der Waals surface area (Å²) in [5.74, 6) is 1.32. The molecule has 2 heterocycles. The molecule has 176 valence electrons. The Balaban J connectivity index is 1.55. The first-order valence-electron chi connectivity index (χ1n) is 11.8. The summed E-state index contributed by atoms with van der Waals surface area (Å²) in [6.45, 7) is 6.51. The summed E-state index contributed by atoms with van der Waals surface area (Å²) in [4.78, 5) is 33.5. The Hall–Kier alpha value is -3.67. The summed E-state index contributed by atoms with van der Waals surface area (Å²) in [6.07, 6.45) is 4.88. The lowest BCUT2D eigenvalue weighted by Crippen LogP contribution is -2.30. The lowest BCUT2D eigenvalue weighted by Gasteiger charge is -2.24. The standard InChI is InChI=1S/C28H31N3O3/c1-21(2)20-34-26-10-8-22(9-11-26)18-30(19-23-12-14-29-15-13-23)28(33)24-5-3-6-25(17-24)31-16-4-7-27(31)32/h3,5-6,8-15,17,21H,4,7,16,18-20H2,1-2H3. The van der Waals surface area contributed by atoms with Crippen molar-refractivity contribution in [1.82, 2.24) is 9.88 Å². The molecular weight excluding hydrogens is 426 g/mol. The van der Waals surface area contributed by atoms with E-state index in [2.05, 4.69) is 18.8 Å². The van der Waals surface area contributed by atoms with E-state index < -0.39 is 0 Å². The number of amides is 2. The monoisotopic (exact) mass is 457 g/mol. The van der Waals surface area contributed by atoms with Crippen LogP contribution in [0.1, 0.15) is 48.2 Å². The van der Waals surface area contributed by atoms with Crippen molar-refractivity contribution in [2.45, 2.75) is 39.8 Å². The zero-order chi connectivity index (χ0) is 23.9. The highest BCUT2D eigenvalue weighted by Crippen LogP contribution is 2.24. The first-order valence-corrected chi connectivity index (χ1v) is 11.8. The summed E-state index contributed by atoms with van der Waals surface area (Å²) in [7, 11) is 0. The van der Waals surface area contributed by atoms with Crippen molar-refractivity contribution in [2.24, 2.45) is 5.92 Å². The number of ether oxygens (including phenoxy) is 1. The quantitative estimate of drug-likeness (QED) is 0.449. The topological polar surface area (TPSA) is 62.7 Å². The van der Waals surface area contributed by atoms with E-state index in [4.69, 9.17) is 4.74 Å². The highest BCUT2D eigenvalue weighted by Gasteiger charge is 2.23. The van der Waals surface area contributed by atoms with Crippen LogP contribution in [0.3, 0.4) is 0 Å². The van der Waals surface area contributed by atoms with E-state index in [0.717, 1.165) is 29.0 Å². The van der Waals surface area contributed by atoms with Gasteiger partial charge in [-0.15, -0.1) is 0 Å². The average Bonchev–Trinajstić information content (AvgIpc) is 3.29. The number of anilines is 1. The van der Waals surface area contributed by atoms with Gasteiger partial charge in [0.05, 0.1) is 6.61 Å². The third-order valence-electron chi connectivity index (χ3n) is 5.77. The van der Waals surface area contributed by atoms with Crippen LogP contribution in [-0.2, 0) is 17.9 Å². The van der Waals surface area contributed by atoms with Gasteiger partial charge in [0.25, 0.3) is 5.91 Å². The van der Waals surface area contributed by atoms with E-state index in [1.54, 1.807) is 17.3 Å². The predicted octanol–water partition coefficient (Wildman–Crippen LogP) is 5.09. The van der Waals surface area contributed by atoms with Gasteiger partial charge in [-0.2, -0.15) is 0 Å². The minimum Gasteiger partial charge on any atom is -0.493 e. The van der Waals surface area contributed by atoms with Crippen LogP contribution < -0.4 is 9.64 Å². The van der Waals surface area contributed by atoms with Crippen molar-refractivity contribution in [3.8, 4) is 5.75 Å². The van der Waals surface area contributed by atoms with Crippen LogP contribution in [0.2, 0.25) is 0 Å². The zero-order valence-electron chi connectivity index (χ0n) is 19.8. The van der Waals surface area contributed by atoms with Crippen LogP contribution >= 0.6 is 0 Å². The fourth-order valence-electron chi connectivity index (χ4n) is 3.99. The number of carbonyl (C=O) groups excluding carboxylic acids is 2. The molecule has 4 rings (SSSR count). The van der Waals surface area contributed by atoms with Crippen molar-refractivity contribution in [3.05, 3.63) is 89.7 Å². The molecule has 0 bridgehead atoms. The summed E-state index contributed by atoms with van der Waals surface area (Å²) >= 11 is 0. The van der Waals surface area contributed by atoms with Gasteiger partial charge in [0, 0.05) is 49.7 Å². The third-order valence-corrected chi connectivity index (χ3v) is 5.77. The van der Waals surface area contributed by atoms with E-state index in [-0.39, 0.29) is 11.8 Å². The molecule has 0 spiro atoms. The molecule has 1 aliphatic heterocycles. The number of nitrogens with zero attached hydrogens (tertiary/aromatic N) is 3. The lowest BCUT2D eigenvalue weighted by molar-refractivity contribution is -0.117. The van der Waals surface area contributed by atoms with Gasteiger partial charge in [0.15, 0.2) is 0 Å². The zero-order valence-corrected chi connectivity index (χ0v) is 19.8. The van der Waals surface area contributed by atoms with Crippen LogP contribution in [0.15, 0.2) is 73.1 Å². The largest absolute Gasteiger partial charge is 0.493 e. The Kier molecular flexibility index (Phi) is 7.58. The highest BCUT2D eigenvalue weighted by atomic mass is 16.5. The first-order chi connectivity index (χ1) is 16.5. The van der Waals surface area contributed by atoms with E-state index in [0.29, 0.717) is 44.1 Å². The van der Waals surface area contributed by atoms with Gasteiger partial charge in [0.1, 0.15) is 5.75 Å². The van der Waals surface area contributed by atoms with Crippen LogP contribution in [0.5, 0.6) is 5.75 Å². The molecule has 0 saturated carbocycles. The average molecular weight is 458 g/mol. The molecule has 1 aromatic heterocycles. The summed E-state index contributed by atoms with van der Waals surface area (Å²) in [6, 6.07) is 19.1. The first kappa shape index (κ1) is 23.5. The fourth-order valence-corrected chi connectivity index (χ4v) is 3.99. The van der Waals surface area contributed by atoms with Gasteiger partial charge >= 0.3 is 0 Å². The van der Waals surface area contributed by atoms with Crippen LogP contribution in [0.25, 0.3) is 0 Å². The summed E-state index contributed by atoms with van der Waals surface area (Å²) in [5, 5.41) is 0. The van der Waals surface area contributed by atoms with E-state index in [1.807, 2.05) is 65.6 Å². The van der Waals surface area contributed by atoms with Crippen molar-refractivity contribution >= 4 is 17.5 Å². The minimum atomic E-state index is -0.0783. The van der Waals surface area contributed by atoms with E-state index >= 15 is 0 Å². The molecule has 0 aliphatic carbocycles. The second-order valence-corrected chi connectivity index (χ2v) is 9.06. The smallest absolute Gasteiger partial charge is 0.254 e. The minimum absolute atomic E-state index is 0.0783. The Morgan fingerprint density at radius 2 is 1.74 bits per heavy atom. The molecule has 34 heavy (non-hydrogen) atoms. The van der Waals surface area contributed by atoms with Gasteiger partial charge in [-0.3, -0.25) is 14.6 Å². The molecule has 1 fully saturated rings. The molecule has 3 aromatic rings. The molecular formula is C28H31N3O3. The molecule has 6 heteroatoms. The number of aromatic nitrogens is 1. The SMILES string of the molecule is CC(C)COc1ccc(CN(Cc2ccncc2)C(=O)c2cccc(N3CCCC3=O)c2)cc1. The predicted molar refractivity (Wildman–Crippen MR) is 133 cm³/mol. The molecule has 6 nitrogen and oxygen atoms in total. The van der Waals surface area contributed by atoms with Crippen molar-refractivity contribution in [1.29, 1.82) is 0 Å². The normalized spacial score (nSPS) is 13.4. The lowest BCUT2D eigenvalue weighted by atomic mass is 10.1.